The van der Waals surface area contributed by atoms with Crippen LogP contribution in [0.3, 0.4) is 0 Å². The van der Waals surface area contributed by atoms with Crippen LogP contribution in [-0.2, 0) is 6.54 Å². The molecule has 1 heterocycles. The van der Waals surface area contributed by atoms with E-state index < -0.39 is 0 Å². The van der Waals surface area contributed by atoms with E-state index in [9.17, 15) is 0 Å². The first-order valence-corrected chi connectivity index (χ1v) is 6.24. The van der Waals surface area contributed by atoms with E-state index in [2.05, 4.69) is 35.4 Å². The molecule has 0 atom stereocenters. The van der Waals surface area contributed by atoms with E-state index in [0.717, 1.165) is 19.6 Å². The molecular formula is C11H16ClNS. The van der Waals surface area contributed by atoms with Gasteiger partial charge in [0.25, 0.3) is 0 Å². The lowest BCUT2D eigenvalue weighted by atomic mass is 10.4. The zero-order chi connectivity index (χ0) is 10.2. The minimum Gasteiger partial charge on any atom is -0.295 e. The van der Waals surface area contributed by atoms with Crippen LogP contribution in [0.4, 0.5) is 0 Å². The predicted molar refractivity (Wildman–Crippen MR) is 65.1 cm³/mol. The van der Waals surface area contributed by atoms with Crippen molar-refractivity contribution in [2.24, 2.45) is 0 Å². The third-order valence-corrected chi connectivity index (χ3v) is 3.07. The number of allylic oxidation sites excluding steroid dienone is 1. The summed E-state index contributed by atoms with van der Waals surface area (Å²) in [4.78, 5) is 3.81. The molecule has 0 fully saturated rings. The fraction of sp³-hybridized carbons (Fsp3) is 0.455. The molecular weight excluding hydrogens is 214 g/mol. The molecule has 1 rings (SSSR count). The fourth-order valence-electron chi connectivity index (χ4n) is 1.21. The lowest BCUT2D eigenvalue weighted by Gasteiger charge is -2.17. The SMILES string of the molecule is CCN(CC=CCCl)Cc1cccs1. The van der Waals surface area contributed by atoms with Gasteiger partial charge in [-0.25, -0.2) is 0 Å². The predicted octanol–water partition coefficient (Wildman–Crippen LogP) is 3.37. The Labute approximate surface area is 95.0 Å². The minimum atomic E-state index is 0.608. The highest BCUT2D eigenvalue weighted by atomic mass is 35.5. The summed E-state index contributed by atoms with van der Waals surface area (Å²) in [5.41, 5.74) is 0. The Bertz CT molecular complexity index is 256. The molecule has 0 saturated carbocycles. The number of nitrogens with zero attached hydrogens (tertiary/aromatic N) is 1. The van der Waals surface area contributed by atoms with Gasteiger partial charge in [-0.2, -0.15) is 0 Å². The van der Waals surface area contributed by atoms with Crippen LogP contribution in [0.25, 0.3) is 0 Å². The maximum Gasteiger partial charge on any atom is 0.0404 e. The quantitative estimate of drug-likeness (QED) is 0.534. The Hall–Kier alpha value is -0.310. The van der Waals surface area contributed by atoms with E-state index in [1.165, 1.54) is 4.88 Å². The zero-order valence-corrected chi connectivity index (χ0v) is 10.0. The van der Waals surface area contributed by atoms with E-state index in [-0.39, 0.29) is 0 Å². The number of hydrogen-bond donors (Lipinski definition) is 0. The second-order valence-electron chi connectivity index (χ2n) is 3.03. The Morgan fingerprint density at radius 3 is 2.93 bits per heavy atom. The van der Waals surface area contributed by atoms with Gasteiger partial charge in [0.2, 0.25) is 0 Å². The largest absolute Gasteiger partial charge is 0.295 e. The van der Waals surface area contributed by atoms with Gasteiger partial charge < -0.3 is 0 Å². The summed E-state index contributed by atoms with van der Waals surface area (Å²) in [6.07, 6.45) is 4.13. The lowest BCUT2D eigenvalue weighted by molar-refractivity contribution is 0.314. The van der Waals surface area contributed by atoms with Crippen molar-refractivity contribution in [3.8, 4) is 0 Å². The van der Waals surface area contributed by atoms with Gasteiger partial charge in [-0.3, -0.25) is 4.90 Å². The second kappa shape index (κ2) is 7.04. The normalized spacial score (nSPS) is 11.6. The molecule has 0 aliphatic carbocycles. The molecule has 0 unspecified atom stereocenters. The molecule has 0 amide bonds. The zero-order valence-electron chi connectivity index (χ0n) is 8.45. The third kappa shape index (κ3) is 4.27. The summed E-state index contributed by atoms with van der Waals surface area (Å²) in [5, 5.41) is 2.12. The summed E-state index contributed by atoms with van der Waals surface area (Å²) >= 11 is 7.38. The van der Waals surface area contributed by atoms with Gasteiger partial charge in [0.05, 0.1) is 0 Å². The number of likely N-dealkylation sites (N-methyl/N-ethyl adjacent to an activating group) is 1. The van der Waals surface area contributed by atoms with E-state index in [4.69, 9.17) is 11.6 Å². The molecule has 0 bridgehead atoms. The first-order chi connectivity index (χ1) is 6.86. The molecule has 0 aromatic carbocycles. The standard InChI is InChI=1S/C11H16ClNS/c1-2-13(8-4-3-7-12)10-11-6-5-9-14-11/h3-6,9H,2,7-8,10H2,1H3. The second-order valence-corrected chi connectivity index (χ2v) is 4.37. The summed E-state index contributed by atoms with van der Waals surface area (Å²) in [6, 6.07) is 4.28. The molecule has 0 spiro atoms. The highest BCUT2D eigenvalue weighted by molar-refractivity contribution is 7.09. The number of halogens is 1. The van der Waals surface area contributed by atoms with Gasteiger partial charge in [-0.05, 0) is 18.0 Å². The lowest BCUT2D eigenvalue weighted by Crippen LogP contribution is -2.22. The molecule has 1 aromatic rings. The van der Waals surface area contributed by atoms with Crippen LogP contribution < -0.4 is 0 Å². The molecule has 0 saturated heterocycles. The van der Waals surface area contributed by atoms with Crippen LogP contribution in [0, 0.1) is 0 Å². The van der Waals surface area contributed by atoms with Crippen LogP contribution >= 0.6 is 22.9 Å². The Morgan fingerprint density at radius 1 is 1.50 bits per heavy atom. The van der Waals surface area contributed by atoms with Crippen molar-refractivity contribution in [1.82, 2.24) is 4.90 Å². The fourth-order valence-corrected chi connectivity index (χ4v) is 2.09. The summed E-state index contributed by atoms with van der Waals surface area (Å²) in [7, 11) is 0. The van der Waals surface area contributed by atoms with Gasteiger partial charge in [-0.1, -0.05) is 25.1 Å². The molecule has 3 heteroatoms. The molecule has 0 aliphatic heterocycles. The Morgan fingerprint density at radius 2 is 2.36 bits per heavy atom. The molecule has 1 aromatic heterocycles. The van der Waals surface area contributed by atoms with Crippen molar-refractivity contribution in [2.45, 2.75) is 13.5 Å². The number of thiophene rings is 1. The average molecular weight is 230 g/mol. The maximum atomic E-state index is 5.57. The highest BCUT2D eigenvalue weighted by Gasteiger charge is 2.01. The topological polar surface area (TPSA) is 3.24 Å². The van der Waals surface area contributed by atoms with Crippen molar-refractivity contribution in [2.75, 3.05) is 19.0 Å². The smallest absolute Gasteiger partial charge is 0.0404 e. The number of alkyl halides is 1. The molecule has 0 aliphatic rings. The van der Waals surface area contributed by atoms with Crippen LogP contribution in [0.2, 0.25) is 0 Å². The van der Waals surface area contributed by atoms with Gasteiger partial charge >= 0.3 is 0 Å². The molecule has 14 heavy (non-hydrogen) atoms. The van der Waals surface area contributed by atoms with E-state index in [1.807, 2.05) is 17.4 Å². The Kier molecular flexibility index (Phi) is 5.92. The van der Waals surface area contributed by atoms with Crippen LogP contribution in [0.15, 0.2) is 29.7 Å². The molecule has 1 nitrogen and oxygen atoms in total. The summed E-state index contributed by atoms with van der Waals surface area (Å²) in [6.45, 7) is 5.29. The van der Waals surface area contributed by atoms with Crippen LogP contribution in [0.5, 0.6) is 0 Å². The van der Waals surface area contributed by atoms with Gasteiger partial charge in [0.1, 0.15) is 0 Å². The average Bonchev–Trinajstić information content (AvgIpc) is 2.69. The van der Waals surface area contributed by atoms with Gasteiger partial charge in [0.15, 0.2) is 0 Å². The van der Waals surface area contributed by atoms with E-state index in [0.29, 0.717) is 5.88 Å². The van der Waals surface area contributed by atoms with Crippen LogP contribution in [-0.4, -0.2) is 23.9 Å². The van der Waals surface area contributed by atoms with Gasteiger partial charge in [0, 0.05) is 23.8 Å². The van der Waals surface area contributed by atoms with Crippen molar-refractivity contribution in [3.05, 3.63) is 34.5 Å². The summed E-state index contributed by atoms with van der Waals surface area (Å²) < 4.78 is 0. The molecule has 0 radical (unpaired) electrons. The van der Waals surface area contributed by atoms with Crippen molar-refractivity contribution in [3.63, 3.8) is 0 Å². The van der Waals surface area contributed by atoms with Crippen molar-refractivity contribution >= 4 is 22.9 Å². The first kappa shape index (κ1) is 11.8. The number of hydrogen-bond acceptors (Lipinski definition) is 2. The summed E-state index contributed by atoms with van der Waals surface area (Å²) in [5.74, 6) is 0.608. The Balaban J connectivity index is 2.35. The van der Waals surface area contributed by atoms with Gasteiger partial charge in [-0.15, -0.1) is 22.9 Å². The monoisotopic (exact) mass is 229 g/mol. The van der Waals surface area contributed by atoms with Crippen molar-refractivity contribution < 1.29 is 0 Å². The molecule has 0 N–H and O–H groups in total. The third-order valence-electron chi connectivity index (χ3n) is 2.03. The maximum absolute atomic E-state index is 5.57. The first-order valence-electron chi connectivity index (χ1n) is 4.82. The van der Waals surface area contributed by atoms with E-state index in [1.54, 1.807) is 0 Å². The minimum absolute atomic E-state index is 0.608. The van der Waals surface area contributed by atoms with Crippen LogP contribution in [0.1, 0.15) is 11.8 Å². The van der Waals surface area contributed by atoms with E-state index >= 15 is 0 Å². The number of rotatable bonds is 6. The molecule has 78 valence electrons. The highest BCUT2D eigenvalue weighted by Crippen LogP contribution is 2.11. The van der Waals surface area contributed by atoms with Crippen molar-refractivity contribution in [1.29, 1.82) is 0 Å².